The first-order chi connectivity index (χ1) is 18.5. The highest BCUT2D eigenvalue weighted by molar-refractivity contribution is 5.99. The number of carbonyl (C=O) groups is 2. The van der Waals surface area contributed by atoms with Crippen molar-refractivity contribution in [1.29, 1.82) is 0 Å². The summed E-state index contributed by atoms with van der Waals surface area (Å²) >= 11 is 0. The van der Waals surface area contributed by atoms with E-state index in [1.165, 1.54) is 5.56 Å². The lowest BCUT2D eigenvalue weighted by Crippen LogP contribution is -2.50. The lowest BCUT2D eigenvalue weighted by atomic mass is 9.89. The number of nitrogens with one attached hydrogen (secondary N) is 1. The monoisotopic (exact) mass is 518 g/mol. The molecule has 0 saturated carbocycles. The van der Waals surface area contributed by atoms with Crippen LogP contribution in [0.25, 0.3) is 0 Å². The van der Waals surface area contributed by atoms with Gasteiger partial charge in [0.25, 0.3) is 5.91 Å². The summed E-state index contributed by atoms with van der Waals surface area (Å²) in [6.45, 7) is 7.12. The number of hydrogen-bond acceptors (Lipinski definition) is 6. The van der Waals surface area contributed by atoms with Gasteiger partial charge in [-0.25, -0.2) is 4.99 Å². The number of fused-ring (bicyclic) bond motifs is 5. The fraction of sp³-hybridized carbons (Fsp3) is 0.500. The molecular formula is C30H38N4O4. The maximum absolute atomic E-state index is 13.5. The molecule has 5 aliphatic heterocycles. The van der Waals surface area contributed by atoms with Crippen LogP contribution in [0.1, 0.15) is 92.0 Å². The molecule has 4 atom stereocenters. The van der Waals surface area contributed by atoms with E-state index in [4.69, 9.17) is 20.2 Å². The number of nitrogens with zero attached hydrogens (tertiary/aromatic N) is 2. The van der Waals surface area contributed by atoms with Crippen LogP contribution in [0.2, 0.25) is 0 Å². The highest BCUT2D eigenvalue weighted by Gasteiger charge is 2.37. The molecule has 7 rings (SSSR count). The molecular weight excluding hydrogens is 480 g/mol. The Morgan fingerprint density at radius 3 is 2.61 bits per heavy atom. The number of rotatable bonds is 0. The number of aliphatic imine (C=N–C) groups is 1. The molecule has 2 aromatic rings. The predicted molar refractivity (Wildman–Crippen MR) is 146 cm³/mol. The average molecular weight is 519 g/mol. The van der Waals surface area contributed by atoms with E-state index in [0.29, 0.717) is 37.4 Å². The van der Waals surface area contributed by atoms with Crippen LogP contribution in [-0.2, 0) is 11.2 Å². The van der Waals surface area contributed by atoms with Crippen molar-refractivity contribution in [2.75, 3.05) is 13.2 Å². The molecule has 0 fully saturated rings. The fourth-order valence-corrected chi connectivity index (χ4v) is 5.91. The summed E-state index contributed by atoms with van der Waals surface area (Å²) in [5, 5.41) is 3.26. The Balaban J connectivity index is 0.00000144. The van der Waals surface area contributed by atoms with Crippen molar-refractivity contribution < 1.29 is 19.1 Å². The van der Waals surface area contributed by atoms with Gasteiger partial charge >= 0.3 is 0 Å². The van der Waals surface area contributed by atoms with E-state index in [1.54, 1.807) is 11.0 Å². The molecule has 0 radical (unpaired) electrons. The van der Waals surface area contributed by atoms with Crippen LogP contribution in [0.5, 0.6) is 11.5 Å². The fourth-order valence-electron chi connectivity index (χ4n) is 5.91. The maximum atomic E-state index is 13.5. The van der Waals surface area contributed by atoms with Crippen LogP contribution in [0.4, 0.5) is 0 Å². The molecule has 0 spiro atoms. The first-order valence-corrected chi connectivity index (χ1v) is 14.0. The predicted octanol–water partition coefficient (Wildman–Crippen LogP) is 4.68. The van der Waals surface area contributed by atoms with E-state index < -0.39 is 0 Å². The third-order valence-electron chi connectivity index (χ3n) is 7.85. The van der Waals surface area contributed by atoms with Crippen LogP contribution in [0.3, 0.4) is 0 Å². The van der Waals surface area contributed by atoms with Crippen molar-refractivity contribution in [3.63, 3.8) is 0 Å². The highest BCUT2D eigenvalue weighted by Crippen LogP contribution is 2.40. The van der Waals surface area contributed by atoms with E-state index in [-0.39, 0.29) is 41.8 Å². The van der Waals surface area contributed by atoms with Gasteiger partial charge in [-0.05, 0) is 49.1 Å². The van der Waals surface area contributed by atoms with Gasteiger partial charge in [0.05, 0.1) is 31.3 Å². The van der Waals surface area contributed by atoms with Gasteiger partial charge in [-0.15, -0.1) is 0 Å². The van der Waals surface area contributed by atoms with Crippen LogP contribution >= 0.6 is 0 Å². The second-order valence-corrected chi connectivity index (χ2v) is 10.4. The minimum Gasteiger partial charge on any atom is -0.493 e. The van der Waals surface area contributed by atoms with Gasteiger partial charge in [-0.1, -0.05) is 39.3 Å². The molecule has 38 heavy (non-hydrogen) atoms. The first kappa shape index (κ1) is 26.1. The maximum Gasteiger partial charge on any atom is 0.251 e. The summed E-state index contributed by atoms with van der Waals surface area (Å²) in [7, 11) is 0. The number of guanidine groups is 1. The Morgan fingerprint density at radius 1 is 1.00 bits per heavy atom. The Labute approximate surface area is 224 Å². The van der Waals surface area contributed by atoms with E-state index >= 15 is 0 Å². The average Bonchev–Trinajstić information content (AvgIpc) is 2.93. The molecule has 3 N–H and O–H groups in total. The van der Waals surface area contributed by atoms with Gasteiger partial charge in [-0.2, -0.15) is 0 Å². The first-order valence-electron chi connectivity index (χ1n) is 14.0. The van der Waals surface area contributed by atoms with Gasteiger partial charge in [0.2, 0.25) is 5.91 Å². The van der Waals surface area contributed by atoms with Crippen molar-refractivity contribution in [3.05, 3.63) is 58.7 Å². The van der Waals surface area contributed by atoms with E-state index in [0.717, 1.165) is 42.6 Å². The molecule has 2 aromatic carbocycles. The summed E-state index contributed by atoms with van der Waals surface area (Å²) in [5.74, 6) is 1.73. The van der Waals surface area contributed by atoms with Crippen LogP contribution in [0, 0.1) is 5.92 Å². The van der Waals surface area contributed by atoms with Gasteiger partial charge in [-0.3, -0.25) is 14.5 Å². The van der Waals surface area contributed by atoms with Crippen LogP contribution < -0.4 is 20.5 Å². The standard InChI is InChI=1S/C28H32N4O4.C2H6/c1-16-15-36-24-8-6-17-4-2-3-5-19-14-25(33)32(28(29)30-19)22-10-11-35-23-9-7-18(13-20(22)23)27(34)31-26(16)21(24)12-17;1-2/h6-9,12-13,16,19,22,26H,2-5,10-11,14-15H2,1H3,(H2,29,30)(H,31,34);1-2H3/t16?,19?,22-,26?;/m1./s1. The molecule has 0 aromatic heterocycles. The summed E-state index contributed by atoms with van der Waals surface area (Å²) in [6, 6.07) is 11.2. The molecule has 2 amide bonds. The summed E-state index contributed by atoms with van der Waals surface area (Å²) in [4.78, 5) is 33.1. The minimum absolute atomic E-state index is 0.0161. The topological polar surface area (TPSA) is 106 Å². The molecule has 0 saturated heterocycles. The Bertz CT molecular complexity index is 1240. The zero-order valence-electron chi connectivity index (χ0n) is 22.5. The number of ether oxygens (including phenoxy) is 2. The van der Waals surface area contributed by atoms with E-state index in [9.17, 15) is 9.59 Å². The lowest BCUT2D eigenvalue weighted by Gasteiger charge is -2.38. The summed E-state index contributed by atoms with van der Waals surface area (Å²) < 4.78 is 11.9. The third-order valence-corrected chi connectivity index (χ3v) is 7.85. The third kappa shape index (κ3) is 4.96. The van der Waals surface area contributed by atoms with E-state index in [1.807, 2.05) is 32.0 Å². The Hall–Kier alpha value is -3.55. The van der Waals surface area contributed by atoms with Crippen molar-refractivity contribution in [1.82, 2.24) is 10.2 Å². The molecule has 202 valence electrons. The zero-order chi connectivity index (χ0) is 26.8. The molecule has 5 heterocycles. The quantitative estimate of drug-likeness (QED) is 0.527. The van der Waals surface area contributed by atoms with Gasteiger partial charge in [0, 0.05) is 35.4 Å². The number of carbonyl (C=O) groups excluding carboxylic acids is 2. The molecule has 6 bridgehead atoms. The molecule has 8 nitrogen and oxygen atoms in total. The minimum atomic E-state index is -0.303. The zero-order valence-corrected chi connectivity index (χ0v) is 22.5. The molecule has 8 heteroatoms. The number of amides is 2. The normalized spacial score (nSPS) is 26.4. The number of aryl methyl sites for hydroxylation is 1. The van der Waals surface area contributed by atoms with Crippen LogP contribution in [0.15, 0.2) is 41.4 Å². The molecule has 5 aliphatic rings. The van der Waals surface area contributed by atoms with Crippen molar-refractivity contribution in [2.24, 2.45) is 16.6 Å². The Morgan fingerprint density at radius 2 is 1.79 bits per heavy atom. The smallest absolute Gasteiger partial charge is 0.251 e. The van der Waals surface area contributed by atoms with Crippen molar-refractivity contribution in [3.8, 4) is 11.5 Å². The molecule has 0 aliphatic carbocycles. The lowest BCUT2D eigenvalue weighted by molar-refractivity contribution is -0.130. The van der Waals surface area contributed by atoms with E-state index in [2.05, 4.69) is 24.4 Å². The second-order valence-electron chi connectivity index (χ2n) is 10.4. The largest absolute Gasteiger partial charge is 0.493 e. The number of benzene rings is 2. The summed E-state index contributed by atoms with van der Waals surface area (Å²) in [5.41, 5.74) is 9.94. The van der Waals surface area contributed by atoms with Crippen molar-refractivity contribution >= 4 is 17.8 Å². The van der Waals surface area contributed by atoms with Gasteiger partial charge in [0.1, 0.15) is 11.5 Å². The molecule has 3 unspecified atom stereocenters. The number of nitrogens with two attached hydrogens (primary N) is 1. The highest BCUT2D eigenvalue weighted by atomic mass is 16.5. The van der Waals surface area contributed by atoms with Crippen LogP contribution in [-0.4, -0.2) is 41.9 Å². The SMILES string of the molecule is CC.CC1COc2ccc3cc2C1NC(=O)c1ccc2c(c1)[C@@H](CCO2)N1C(=O)CC(CCCC3)N=C1N. The van der Waals surface area contributed by atoms with Gasteiger partial charge in [0.15, 0.2) is 5.96 Å². The second kappa shape index (κ2) is 11.1. The Kier molecular flexibility index (Phi) is 7.58. The summed E-state index contributed by atoms with van der Waals surface area (Å²) in [6.07, 6.45) is 4.65. The number of hydrogen-bond donors (Lipinski definition) is 2. The van der Waals surface area contributed by atoms with Gasteiger partial charge < -0.3 is 20.5 Å². The van der Waals surface area contributed by atoms with Crippen molar-refractivity contribution in [2.45, 2.75) is 77.4 Å².